The molecule has 0 unspecified atom stereocenters. The largest absolute Gasteiger partial charge is 0.496 e. The van der Waals surface area contributed by atoms with E-state index in [4.69, 9.17) is 26.1 Å². The lowest BCUT2D eigenvalue weighted by Gasteiger charge is -2.29. The lowest BCUT2D eigenvalue weighted by molar-refractivity contribution is 0.0367. The van der Waals surface area contributed by atoms with Crippen LogP contribution in [0.15, 0.2) is 34.7 Å². The van der Waals surface area contributed by atoms with Crippen LogP contribution in [0.3, 0.4) is 0 Å². The van der Waals surface area contributed by atoms with E-state index in [9.17, 15) is 0 Å². The summed E-state index contributed by atoms with van der Waals surface area (Å²) in [5, 5.41) is 4.08. The highest BCUT2D eigenvalue weighted by atomic mass is 32.1. The first-order valence-corrected chi connectivity index (χ1v) is 10.5. The lowest BCUT2D eigenvalue weighted by atomic mass is 10.2. The molecular weight excluding hydrogens is 386 g/mol. The molecule has 1 fully saturated rings. The van der Waals surface area contributed by atoms with E-state index in [2.05, 4.69) is 15.1 Å². The van der Waals surface area contributed by atoms with Crippen molar-refractivity contribution in [1.82, 2.24) is 9.80 Å². The van der Waals surface area contributed by atoms with Gasteiger partial charge >= 0.3 is 0 Å². The minimum atomic E-state index is 0.651. The molecule has 7 heteroatoms. The Balaban J connectivity index is 1.62. The number of methoxy groups -OCH3 is 1. The zero-order valence-electron chi connectivity index (χ0n) is 17.6. The van der Waals surface area contributed by atoms with Crippen molar-refractivity contribution in [2.24, 2.45) is 0 Å². The van der Waals surface area contributed by atoms with Crippen molar-refractivity contribution in [3.63, 3.8) is 0 Å². The van der Waals surface area contributed by atoms with Gasteiger partial charge in [-0.25, -0.2) is 0 Å². The average Bonchev–Trinajstić information content (AvgIpc) is 3.13. The van der Waals surface area contributed by atoms with Gasteiger partial charge in [0.05, 0.1) is 26.9 Å². The fraction of sp³-hybridized carbons (Fsp3) is 0.500. The van der Waals surface area contributed by atoms with Gasteiger partial charge in [-0.1, -0.05) is 0 Å². The molecule has 0 bridgehead atoms. The van der Waals surface area contributed by atoms with Crippen molar-refractivity contribution in [3.8, 4) is 5.75 Å². The van der Waals surface area contributed by atoms with Crippen LogP contribution in [0.1, 0.15) is 23.5 Å². The van der Waals surface area contributed by atoms with E-state index >= 15 is 0 Å². The monoisotopic (exact) mass is 417 g/mol. The van der Waals surface area contributed by atoms with Crippen molar-refractivity contribution in [1.29, 1.82) is 0 Å². The van der Waals surface area contributed by atoms with Crippen LogP contribution < -0.4 is 10.1 Å². The van der Waals surface area contributed by atoms with E-state index in [1.807, 2.05) is 44.2 Å². The SMILES string of the molecule is COc1ccc(NC(=S)N(CCCN2CCOCC2)Cc2ccc(C)o2)cc1C. The fourth-order valence-corrected chi connectivity index (χ4v) is 3.75. The summed E-state index contributed by atoms with van der Waals surface area (Å²) < 4.78 is 16.6. The van der Waals surface area contributed by atoms with Gasteiger partial charge in [0.1, 0.15) is 17.3 Å². The maximum absolute atomic E-state index is 5.79. The summed E-state index contributed by atoms with van der Waals surface area (Å²) in [6.07, 6.45) is 1.03. The number of nitrogens with one attached hydrogen (secondary N) is 1. The molecular formula is C22H31N3O3S. The van der Waals surface area contributed by atoms with E-state index in [-0.39, 0.29) is 0 Å². The van der Waals surface area contributed by atoms with Gasteiger partial charge in [0.25, 0.3) is 0 Å². The van der Waals surface area contributed by atoms with E-state index in [1.54, 1.807) is 7.11 Å². The number of anilines is 1. The Bertz CT molecular complexity index is 802. The summed E-state index contributed by atoms with van der Waals surface area (Å²) in [4.78, 5) is 4.62. The van der Waals surface area contributed by atoms with Crippen molar-refractivity contribution in [2.45, 2.75) is 26.8 Å². The summed E-state index contributed by atoms with van der Waals surface area (Å²) >= 11 is 5.75. The summed E-state index contributed by atoms with van der Waals surface area (Å²) in [6.45, 7) is 10.2. The number of aryl methyl sites for hydroxylation is 2. The van der Waals surface area contributed by atoms with Crippen molar-refractivity contribution in [3.05, 3.63) is 47.4 Å². The highest BCUT2D eigenvalue weighted by molar-refractivity contribution is 7.80. The van der Waals surface area contributed by atoms with Gasteiger partial charge < -0.3 is 24.1 Å². The topological polar surface area (TPSA) is 50.1 Å². The maximum Gasteiger partial charge on any atom is 0.173 e. The van der Waals surface area contributed by atoms with Crippen LogP contribution in [0, 0.1) is 13.8 Å². The highest BCUT2D eigenvalue weighted by Crippen LogP contribution is 2.22. The molecule has 0 atom stereocenters. The third kappa shape index (κ3) is 6.45. The van der Waals surface area contributed by atoms with Crippen LogP contribution in [-0.2, 0) is 11.3 Å². The summed E-state index contributed by atoms with van der Waals surface area (Å²) in [7, 11) is 1.68. The Labute approximate surface area is 178 Å². The van der Waals surface area contributed by atoms with Crippen molar-refractivity contribution in [2.75, 3.05) is 51.8 Å². The standard InChI is InChI=1S/C22H31N3O3S/c1-17-15-19(6-8-21(17)26-3)23-22(29)25(16-20-7-5-18(2)28-20)10-4-9-24-11-13-27-14-12-24/h5-8,15H,4,9-14,16H2,1-3H3,(H,23,29). The molecule has 1 N–H and O–H groups in total. The molecule has 2 heterocycles. The third-order valence-electron chi connectivity index (χ3n) is 5.08. The predicted octanol–water partition coefficient (Wildman–Crippen LogP) is 3.83. The number of hydrogen-bond donors (Lipinski definition) is 1. The van der Waals surface area contributed by atoms with Crippen molar-refractivity contribution < 1.29 is 13.9 Å². The molecule has 0 aliphatic carbocycles. The van der Waals surface area contributed by atoms with Crippen LogP contribution in [0.5, 0.6) is 5.75 Å². The van der Waals surface area contributed by atoms with Gasteiger partial charge in [0.15, 0.2) is 5.11 Å². The second kappa shape index (κ2) is 10.6. The summed E-state index contributed by atoms with van der Waals surface area (Å²) in [5.41, 5.74) is 2.03. The van der Waals surface area contributed by atoms with Crippen LogP contribution in [0.2, 0.25) is 0 Å². The number of nitrogens with zero attached hydrogens (tertiary/aromatic N) is 2. The maximum atomic E-state index is 5.79. The molecule has 0 spiro atoms. The summed E-state index contributed by atoms with van der Waals surface area (Å²) in [5.74, 6) is 2.71. The van der Waals surface area contributed by atoms with Crippen LogP contribution in [0.25, 0.3) is 0 Å². The number of rotatable bonds is 8. The van der Waals surface area contributed by atoms with E-state index in [0.717, 1.165) is 74.3 Å². The average molecular weight is 418 g/mol. The van der Waals surface area contributed by atoms with Crippen molar-refractivity contribution >= 4 is 23.0 Å². The second-order valence-electron chi connectivity index (χ2n) is 7.36. The zero-order chi connectivity index (χ0) is 20.6. The normalized spacial score (nSPS) is 14.6. The molecule has 3 rings (SSSR count). The molecule has 1 aliphatic heterocycles. The van der Waals surface area contributed by atoms with Crippen LogP contribution >= 0.6 is 12.2 Å². The molecule has 0 radical (unpaired) electrons. The number of benzene rings is 1. The lowest BCUT2D eigenvalue weighted by Crippen LogP contribution is -2.39. The molecule has 2 aromatic rings. The zero-order valence-corrected chi connectivity index (χ0v) is 18.4. The first-order valence-electron chi connectivity index (χ1n) is 10.1. The van der Waals surface area contributed by atoms with Gasteiger partial charge in [0, 0.05) is 31.9 Å². The fourth-order valence-electron chi connectivity index (χ4n) is 3.48. The van der Waals surface area contributed by atoms with Gasteiger partial charge in [-0.2, -0.15) is 0 Å². The Morgan fingerprint density at radius 2 is 2.00 bits per heavy atom. The number of hydrogen-bond acceptors (Lipinski definition) is 5. The molecule has 1 aromatic carbocycles. The molecule has 1 saturated heterocycles. The van der Waals surface area contributed by atoms with E-state index < -0.39 is 0 Å². The molecule has 1 aliphatic rings. The van der Waals surface area contributed by atoms with Gasteiger partial charge in [-0.3, -0.25) is 4.90 Å². The predicted molar refractivity (Wildman–Crippen MR) is 120 cm³/mol. The minimum Gasteiger partial charge on any atom is -0.496 e. The first-order chi connectivity index (χ1) is 14.0. The summed E-state index contributed by atoms with van der Waals surface area (Å²) in [6, 6.07) is 10.0. The number of thiocarbonyl (C=S) groups is 1. The second-order valence-corrected chi connectivity index (χ2v) is 7.74. The van der Waals surface area contributed by atoms with Crippen LogP contribution in [-0.4, -0.2) is 61.4 Å². The number of furan rings is 1. The minimum absolute atomic E-state index is 0.651. The molecule has 158 valence electrons. The Morgan fingerprint density at radius 3 is 2.66 bits per heavy atom. The molecule has 6 nitrogen and oxygen atoms in total. The third-order valence-corrected chi connectivity index (χ3v) is 5.44. The van der Waals surface area contributed by atoms with Gasteiger partial charge in [0.2, 0.25) is 0 Å². The molecule has 0 saturated carbocycles. The molecule has 1 aromatic heterocycles. The highest BCUT2D eigenvalue weighted by Gasteiger charge is 2.15. The Hall–Kier alpha value is -2.09. The Morgan fingerprint density at radius 1 is 1.21 bits per heavy atom. The van der Waals surface area contributed by atoms with E-state index in [0.29, 0.717) is 11.7 Å². The number of morpholine rings is 1. The Kier molecular flexibility index (Phi) is 7.91. The quantitative estimate of drug-likeness (QED) is 0.655. The first kappa shape index (κ1) is 21.6. The van der Waals surface area contributed by atoms with Crippen LogP contribution in [0.4, 0.5) is 5.69 Å². The van der Waals surface area contributed by atoms with E-state index in [1.165, 1.54) is 0 Å². The smallest absolute Gasteiger partial charge is 0.173 e. The molecule has 29 heavy (non-hydrogen) atoms. The van der Waals surface area contributed by atoms with Gasteiger partial charge in [-0.15, -0.1) is 0 Å². The molecule has 0 amide bonds. The van der Waals surface area contributed by atoms with Gasteiger partial charge in [-0.05, 0) is 68.4 Å². The number of ether oxygens (including phenoxy) is 2.